The Balaban J connectivity index is 1.95. The average Bonchev–Trinajstić information content (AvgIpc) is 3.10. The third-order valence-corrected chi connectivity index (χ3v) is 3.92. The molecule has 0 amide bonds. The van der Waals surface area contributed by atoms with Crippen LogP contribution in [0.25, 0.3) is 0 Å². The molecule has 2 saturated carbocycles. The van der Waals surface area contributed by atoms with E-state index in [4.69, 9.17) is 0 Å². The Bertz CT molecular complexity index is 317. The smallest absolute Gasteiger partial charge is 0.291 e. The number of hydrogen-bond donors (Lipinski definition) is 1. The van der Waals surface area contributed by atoms with Gasteiger partial charge in [-0.3, -0.25) is 5.32 Å². The highest BCUT2D eigenvalue weighted by Gasteiger charge is 2.43. The van der Waals surface area contributed by atoms with Crippen molar-refractivity contribution >= 4 is 0 Å². The van der Waals surface area contributed by atoms with Crippen molar-refractivity contribution in [3.63, 3.8) is 0 Å². The molecule has 5 heteroatoms. The molecule has 2 aliphatic rings. The number of nitriles is 1. The van der Waals surface area contributed by atoms with E-state index in [0.717, 1.165) is 12.8 Å². The molecule has 2 atom stereocenters. The van der Waals surface area contributed by atoms with E-state index in [-0.39, 0.29) is 0 Å². The summed E-state index contributed by atoms with van der Waals surface area (Å²) in [5, 5.41) is 11.6. The fraction of sp³-hybridized carbons (Fsp3) is 0.917. The SMILES string of the molecule is N#CC1(NCC(F)(F)F)CCCC(C2CC2)C1. The zero-order chi connectivity index (χ0) is 12.5. The van der Waals surface area contributed by atoms with E-state index < -0.39 is 18.3 Å². The number of alkyl halides is 3. The predicted octanol–water partition coefficient (Wildman–Crippen LogP) is 3.00. The van der Waals surface area contributed by atoms with Crippen LogP contribution in [0.1, 0.15) is 38.5 Å². The summed E-state index contributed by atoms with van der Waals surface area (Å²) in [6, 6.07) is 2.09. The lowest BCUT2D eigenvalue weighted by Gasteiger charge is -2.37. The topological polar surface area (TPSA) is 35.8 Å². The first-order valence-corrected chi connectivity index (χ1v) is 6.17. The molecule has 96 valence electrons. The molecule has 0 spiro atoms. The largest absolute Gasteiger partial charge is 0.401 e. The normalized spacial score (nSPS) is 34.4. The van der Waals surface area contributed by atoms with Gasteiger partial charge in [0.05, 0.1) is 12.6 Å². The molecule has 0 aromatic heterocycles. The highest BCUT2D eigenvalue weighted by atomic mass is 19.4. The molecule has 0 bridgehead atoms. The summed E-state index contributed by atoms with van der Waals surface area (Å²) in [5.74, 6) is 1.11. The Morgan fingerprint density at radius 3 is 2.47 bits per heavy atom. The Morgan fingerprint density at radius 2 is 1.94 bits per heavy atom. The van der Waals surface area contributed by atoms with Crippen molar-refractivity contribution in [2.24, 2.45) is 11.8 Å². The minimum Gasteiger partial charge on any atom is -0.291 e. The number of rotatable bonds is 3. The number of halogens is 3. The van der Waals surface area contributed by atoms with E-state index in [1.807, 2.05) is 0 Å². The molecule has 2 unspecified atom stereocenters. The Morgan fingerprint density at radius 1 is 1.24 bits per heavy atom. The second-order valence-corrected chi connectivity index (χ2v) is 5.36. The summed E-state index contributed by atoms with van der Waals surface area (Å²) in [5.41, 5.74) is -0.943. The standard InChI is InChI=1S/C12H17F3N2/c13-12(14,15)8-17-11(7-16)5-1-2-10(6-11)9-3-4-9/h9-10,17H,1-6,8H2. The fourth-order valence-corrected chi connectivity index (χ4v) is 2.86. The molecule has 2 fully saturated rings. The molecule has 17 heavy (non-hydrogen) atoms. The van der Waals surface area contributed by atoms with Crippen molar-refractivity contribution in [2.45, 2.75) is 50.2 Å². The summed E-state index contributed by atoms with van der Waals surface area (Å²) in [6.45, 7) is -1.06. The molecule has 0 saturated heterocycles. The molecule has 1 N–H and O–H groups in total. The van der Waals surface area contributed by atoms with Crippen LogP contribution in [0.5, 0.6) is 0 Å². The zero-order valence-corrected chi connectivity index (χ0v) is 9.69. The minimum absolute atomic E-state index is 0.448. The van der Waals surface area contributed by atoms with Gasteiger partial charge in [-0.2, -0.15) is 18.4 Å². The zero-order valence-electron chi connectivity index (χ0n) is 9.69. The molecule has 0 aliphatic heterocycles. The lowest BCUT2D eigenvalue weighted by atomic mass is 9.74. The van der Waals surface area contributed by atoms with Crippen LogP contribution in [-0.2, 0) is 0 Å². The van der Waals surface area contributed by atoms with Gasteiger partial charge in [-0.15, -0.1) is 0 Å². The monoisotopic (exact) mass is 246 g/mol. The van der Waals surface area contributed by atoms with Crippen LogP contribution in [0.3, 0.4) is 0 Å². The second-order valence-electron chi connectivity index (χ2n) is 5.36. The maximum absolute atomic E-state index is 12.2. The summed E-state index contributed by atoms with van der Waals surface area (Å²) in [4.78, 5) is 0. The second kappa shape index (κ2) is 4.49. The van der Waals surface area contributed by atoms with Gasteiger partial charge >= 0.3 is 6.18 Å². The third-order valence-electron chi connectivity index (χ3n) is 3.92. The van der Waals surface area contributed by atoms with Crippen LogP contribution >= 0.6 is 0 Å². The van der Waals surface area contributed by atoms with Crippen LogP contribution in [0.2, 0.25) is 0 Å². The predicted molar refractivity (Wildman–Crippen MR) is 57.1 cm³/mol. The first-order valence-electron chi connectivity index (χ1n) is 6.17. The van der Waals surface area contributed by atoms with Gasteiger partial charge in [0.15, 0.2) is 0 Å². The van der Waals surface area contributed by atoms with E-state index in [1.165, 1.54) is 12.8 Å². The van der Waals surface area contributed by atoms with E-state index in [1.54, 1.807) is 0 Å². The van der Waals surface area contributed by atoms with E-state index in [0.29, 0.717) is 24.7 Å². The van der Waals surface area contributed by atoms with Crippen LogP contribution in [-0.4, -0.2) is 18.3 Å². The van der Waals surface area contributed by atoms with E-state index >= 15 is 0 Å². The molecule has 2 nitrogen and oxygen atoms in total. The highest BCUT2D eigenvalue weighted by Crippen LogP contribution is 2.46. The number of nitrogens with one attached hydrogen (secondary N) is 1. The van der Waals surface area contributed by atoms with Crippen molar-refractivity contribution < 1.29 is 13.2 Å². The molecule has 0 radical (unpaired) electrons. The summed E-state index contributed by atoms with van der Waals surface area (Å²) >= 11 is 0. The molecular weight excluding hydrogens is 229 g/mol. The molecule has 0 aromatic rings. The first-order chi connectivity index (χ1) is 7.94. The Hall–Kier alpha value is -0.760. The molecular formula is C12H17F3N2. The van der Waals surface area contributed by atoms with Crippen molar-refractivity contribution in [3.8, 4) is 6.07 Å². The maximum Gasteiger partial charge on any atom is 0.401 e. The molecule has 0 heterocycles. The van der Waals surface area contributed by atoms with Crippen LogP contribution in [0, 0.1) is 23.2 Å². The van der Waals surface area contributed by atoms with Gasteiger partial charge in [-0.1, -0.05) is 6.42 Å². The van der Waals surface area contributed by atoms with E-state index in [2.05, 4.69) is 11.4 Å². The summed E-state index contributed by atoms with van der Waals surface area (Å²) in [7, 11) is 0. The van der Waals surface area contributed by atoms with Gasteiger partial charge in [0.1, 0.15) is 5.54 Å². The maximum atomic E-state index is 12.2. The van der Waals surface area contributed by atoms with Crippen molar-refractivity contribution in [2.75, 3.05) is 6.54 Å². The number of nitrogens with zero attached hydrogens (tertiary/aromatic N) is 1. The lowest BCUT2D eigenvalue weighted by Crippen LogP contribution is -2.51. The van der Waals surface area contributed by atoms with Gasteiger partial charge in [-0.05, 0) is 43.9 Å². The Kier molecular flexibility index (Phi) is 3.35. The van der Waals surface area contributed by atoms with Crippen LogP contribution < -0.4 is 5.32 Å². The van der Waals surface area contributed by atoms with Crippen molar-refractivity contribution in [3.05, 3.63) is 0 Å². The van der Waals surface area contributed by atoms with E-state index in [9.17, 15) is 18.4 Å². The lowest BCUT2D eigenvalue weighted by molar-refractivity contribution is -0.128. The van der Waals surface area contributed by atoms with Gasteiger partial charge in [0.2, 0.25) is 0 Å². The molecule has 0 aromatic carbocycles. The molecule has 2 aliphatic carbocycles. The summed E-state index contributed by atoms with van der Waals surface area (Å²) < 4.78 is 36.6. The molecule has 2 rings (SSSR count). The summed E-state index contributed by atoms with van der Waals surface area (Å²) in [6.07, 6.45) is 1.20. The van der Waals surface area contributed by atoms with Crippen LogP contribution in [0.15, 0.2) is 0 Å². The Labute approximate surface area is 99.2 Å². The first kappa shape index (κ1) is 12.7. The van der Waals surface area contributed by atoms with Crippen LogP contribution in [0.4, 0.5) is 13.2 Å². The van der Waals surface area contributed by atoms with Crippen molar-refractivity contribution in [1.82, 2.24) is 5.32 Å². The van der Waals surface area contributed by atoms with Gasteiger partial charge in [0, 0.05) is 0 Å². The average molecular weight is 246 g/mol. The van der Waals surface area contributed by atoms with Gasteiger partial charge in [0.25, 0.3) is 0 Å². The third kappa shape index (κ3) is 3.35. The van der Waals surface area contributed by atoms with Gasteiger partial charge < -0.3 is 0 Å². The fourth-order valence-electron chi connectivity index (χ4n) is 2.86. The minimum atomic E-state index is -4.24. The quantitative estimate of drug-likeness (QED) is 0.831. The van der Waals surface area contributed by atoms with Gasteiger partial charge in [-0.25, -0.2) is 0 Å². The van der Waals surface area contributed by atoms with Crippen molar-refractivity contribution in [1.29, 1.82) is 5.26 Å². The highest BCUT2D eigenvalue weighted by molar-refractivity contribution is 5.11. The number of hydrogen-bond acceptors (Lipinski definition) is 2.